The van der Waals surface area contributed by atoms with Crippen LogP contribution in [0.3, 0.4) is 0 Å². The predicted octanol–water partition coefficient (Wildman–Crippen LogP) is 2.71. The summed E-state index contributed by atoms with van der Waals surface area (Å²) < 4.78 is 5.36. The number of rotatable bonds is 6. The van der Waals surface area contributed by atoms with Gasteiger partial charge in [0.15, 0.2) is 0 Å². The molecule has 0 aromatic carbocycles. The van der Waals surface area contributed by atoms with Gasteiger partial charge in [0.2, 0.25) is 0 Å². The van der Waals surface area contributed by atoms with Crippen molar-refractivity contribution in [2.75, 3.05) is 7.11 Å². The monoisotopic (exact) mass is 187 g/mol. The average Bonchev–Trinajstić information content (AvgIpc) is 2.02. The van der Waals surface area contributed by atoms with E-state index in [2.05, 4.69) is 27.7 Å². The molecule has 0 amide bonds. The molecule has 0 heterocycles. The van der Waals surface area contributed by atoms with Gasteiger partial charge in [0, 0.05) is 12.6 Å². The highest BCUT2D eigenvalue weighted by molar-refractivity contribution is 4.81. The molecule has 0 aliphatic carbocycles. The Balaban J connectivity index is 3.86. The van der Waals surface area contributed by atoms with Gasteiger partial charge in [0.05, 0.1) is 5.60 Å². The first kappa shape index (κ1) is 12.9. The summed E-state index contributed by atoms with van der Waals surface area (Å²) in [4.78, 5) is 0. The van der Waals surface area contributed by atoms with E-state index in [0.717, 1.165) is 25.7 Å². The largest absolute Gasteiger partial charge is 0.379 e. The second kappa shape index (κ2) is 4.97. The molecule has 0 rings (SSSR count). The lowest BCUT2D eigenvalue weighted by Crippen LogP contribution is -2.38. The standard InChI is InChI=1S/C11H25NO/c1-6-7-11(4,12)9-8-10(2,3)13-5/h6-9,12H2,1-5H3. The molecule has 0 aliphatic rings. The second-order valence-corrected chi connectivity index (χ2v) is 4.87. The minimum atomic E-state index is -0.0334. The third-order valence-corrected chi connectivity index (χ3v) is 2.67. The lowest BCUT2D eigenvalue weighted by Gasteiger charge is -2.30. The van der Waals surface area contributed by atoms with Crippen LogP contribution in [0, 0.1) is 0 Å². The van der Waals surface area contributed by atoms with E-state index >= 15 is 0 Å². The molecule has 13 heavy (non-hydrogen) atoms. The van der Waals surface area contributed by atoms with Crippen molar-refractivity contribution in [3.63, 3.8) is 0 Å². The number of hydrogen-bond acceptors (Lipinski definition) is 2. The van der Waals surface area contributed by atoms with Crippen molar-refractivity contribution in [1.82, 2.24) is 0 Å². The van der Waals surface area contributed by atoms with Crippen LogP contribution in [0.15, 0.2) is 0 Å². The maximum Gasteiger partial charge on any atom is 0.0623 e. The van der Waals surface area contributed by atoms with Gasteiger partial charge in [-0.1, -0.05) is 13.3 Å². The fraction of sp³-hybridized carbons (Fsp3) is 1.00. The third kappa shape index (κ3) is 6.05. The summed E-state index contributed by atoms with van der Waals surface area (Å²) in [6.07, 6.45) is 4.30. The van der Waals surface area contributed by atoms with Crippen LogP contribution >= 0.6 is 0 Å². The normalized spacial score (nSPS) is 17.1. The summed E-state index contributed by atoms with van der Waals surface area (Å²) >= 11 is 0. The molecule has 1 atom stereocenters. The van der Waals surface area contributed by atoms with Crippen LogP contribution in [0.1, 0.15) is 53.4 Å². The van der Waals surface area contributed by atoms with E-state index in [9.17, 15) is 0 Å². The minimum Gasteiger partial charge on any atom is -0.379 e. The van der Waals surface area contributed by atoms with Gasteiger partial charge in [0.1, 0.15) is 0 Å². The zero-order valence-electron chi connectivity index (χ0n) is 9.81. The quantitative estimate of drug-likeness (QED) is 0.694. The zero-order valence-corrected chi connectivity index (χ0v) is 9.81. The van der Waals surface area contributed by atoms with Crippen molar-refractivity contribution in [3.8, 4) is 0 Å². The van der Waals surface area contributed by atoms with Crippen LogP contribution in [0.25, 0.3) is 0 Å². The Kier molecular flexibility index (Phi) is 4.93. The maximum absolute atomic E-state index is 6.13. The minimum absolute atomic E-state index is 0.0233. The van der Waals surface area contributed by atoms with Crippen molar-refractivity contribution >= 4 is 0 Å². The smallest absolute Gasteiger partial charge is 0.0623 e. The molecule has 2 N–H and O–H groups in total. The summed E-state index contributed by atoms with van der Waals surface area (Å²) in [6.45, 7) is 8.51. The van der Waals surface area contributed by atoms with E-state index in [1.165, 1.54) is 0 Å². The molecule has 2 nitrogen and oxygen atoms in total. The van der Waals surface area contributed by atoms with Crippen LogP contribution in [-0.4, -0.2) is 18.2 Å². The highest BCUT2D eigenvalue weighted by atomic mass is 16.5. The van der Waals surface area contributed by atoms with Crippen LogP contribution in [0.4, 0.5) is 0 Å². The molecule has 80 valence electrons. The summed E-state index contributed by atoms with van der Waals surface area (Å²) in [6, 6.07) is 0. The molecule has 0 bridgehead atoms. The van der Waals surface area contributed by atoms with E-state index in [0.29, 0.717) is 0 Å². The topological polar surface area (TPSA) is 35.2 Å². The molecule has 0 saturated carbocycles. The number of methoxy groups -OCH3 is 1. The summed E-state index contributed by atoms with van der Waals surface area (Å²) in [5.41, 5.74) is 6.08. The van der Waals surface area contributed by atoms with Gasteiger partial charge in [-0.2, -0.15) is 0 Å². The van der Waals surface area contributed by atoms with E-state index in [1.807, 2.05) is 0 Å². The van der Waals surface area contributed by atoms with Crippen molar-refractivity contribution < 1.29 is 4.74 Å². The average molecular weight is 187 g/mol. The first-order valence-electron chi connectivity index (χ1n) is 5.17. The van der Waals surface area contributed by atoms with E-state index < -0.39 is 0 Å². The van der Waals surface area contributed by atoms with Crippen molar-refractivity contribution in [1.29, 1.82) is 0 Å². The molecule has 1 unspecified atom stereocenters. The van der Waals surface area contributed by atoms with Crippen LogP contribution < -0.4 is 5.73 Å². The first-order valence-corrected chi connectivity index (χ1v) is 5.17. The third-order valence-electron chi connectivity index (χ3n) is 2.67. The molecular weight excluding hydrogens is 162 g/mol. The Bertz CT molecular complexity index is 141. The lowest BCUT2D eigenvalue weighted by atomic mass is 9.87. The maximum atomic E-state index is 6.13. The molecule has 0 spiro atoms. The number of nitrogens with two attached hydrogens (primary N) is 1. The van der Waals surface area contributed by atoms with Gasteiger partial charge in [-0.3, -0.25) is 0 Å². The van der Waals surface area contributed by atoms with Crippen LogP contribution in [-0.2, 0) is 4.74 Å². The van der Waals surface area contributed by atoms with Gasteiger partial charge in [-0.15, -0.1) is 0 Å². The van der Waals surface area contributed by atoms with Crippen molar-refractivity contribution in [2.24, 2.45) is 5.73 Å². The highest BCUT2D eigenvalue weighted by Crippen LogP contribution is 2.22. The predicted molar refractivity (Wildman–Crippen MR) is 57.8 cm³/mol. The SMILES string of the molecule is CCCC(C)(N)CCC(C)(C)OC. The molecule has 0 aliphatic heterocycles. The molecule has 0 fully saturated rings. The highest BCUT2D eigenvalue weighted by Gasteiger charge is 2.23. The van der Waals surface area contributed by atoms with Gasteiger partial charge in [-0.05, 0) is 40.0 Å². The molecule has 0 aromatic heterocycles. The Morgan fingerprint density at radius 1 is 1.08 bits per heavy atom. The van der Waals surface area contributed by atoms with Crippen molar-refractivity contribution in [2.45, 2.75) is 64.5 Å². The molecule has 0 aromatic rings. The Hall–Kier alpha value is -0.0800. The zero-order chi connectivity index (χ0) is 10.5. The van der Waals surface area contributed by atoms with Crippen LogP contribution in [0.2, 0.25) is 0 Å². The Morgan fingerprint density at radius 2 is 1.62 bits per heavy atom. The Morgan fingerprint density at radius 3 is 2.00 bits per heavy atom. The fourth-order valence-electron chi connectivity index (χ4n) is 1.38. The molecule has 2 heteroatoms. The molecular formula is C11H25NO. The van der Waals surface area contributed by atoms with Crippen LogP contribution in [0.5, 0.6) is 0 Å². The van der Waals surface area contributed by atoms with Gasteiger partial charge in [0.25, 0.3) is 0 Å². The summed E-state index contributed by atoms with van der Waals surface area (Å²) in [5, 5.41) is 0. The first-order chi connectivity index (χ1) is 5.83. The number of ether oxygens (including phenoxy) is 1. The molecule has 0 radical (unpaired) electrons. The number of hydrogen-bond donors (Lipinski definition) is 1. The van der Waals surface area contributed by atoms with Gasteiger partial charge in [-0.25, -0.2) is 0 Å². The van der Waals surface area contributed by atoms with E-state index in [-0.39, 0.29) is 11.1 Å². The van der Waals surface area contributed by atoms with E-state index in [1.54, 1.807) is 7.11 Å². The summed E-state index contributed by atoms with van der Waals surface area (Å²) in [7, 11) is 1.76. The van der Waals surface area contributed by atoms with E-state index in [4.69, 9.17) is 10.5 Å². The van der Waals surface area contributed by atoms with Crippen molar-refractivity contribution in [3.05, 3.63) is 0 Å². The lowest BCUT2D eigenvalue weighted by molar-refractivity contribution is 0.00914. The second-order valence-electron chi connectivity index (χ2n) is 4.87. The molecule has 0 saturated heterocycles. The fourth-order valence-corrected chi connectivity index (χ4v) is 1.38. The van der Waals surface area contributed by atoms with Gasteiger partial charge >= 0.3 is 0 Å². The Labute approximate surface area is 82.8 Å². The van der Waals surface area contributed by atoms with Gasteiger partial charge < -0.3 is 10.5 Å². The summed E-state index contributed by atoms with van der Waals surface area (Å²) in [5.74, 6) is 0.